The van der Waals surface area contributed by atoms with Gasteiger partial charge in [0.1, 0.15) is 5.82 Å². The minimum absolute atomic E-state index is 0.301. The van der Waals surface area contributed by atoms with Crippen LogP contribution in [0.3, 0.4) is 0 Å². The zero-order valence-corrected chi connectivity index (χ0v) is 14.2. The van der Waals surface area contributed by atoms with Crippen molar-refractivity contribution in [3.8, 4) is 0 Å². The monoisotopic (exact) mass is 320 g/mol. The van der Waals surface area contributed by atoms with Gasteiger partial charge in [-0.05, 0) is 32.6 Å². The molecule has 0 aliphatic carbocycles. The fourth-order valence-corrected chi connectivity index (χ4v) is 3.47. The van der Waals surface area contributed by atoms with E-state index in [9.17, 15) is 4.79 Å². The van der Waals surface area contributed by atoms with Crippen LogP contribution in [0.2, 0.25) is 0 Å². The van der Waals surface area contributed by atoms with Crippen LogP contribution in [0.25, 0.3) is 0 Å². The maximum absolute atomic E-state index is 12.1. The minimum atomic E-state index is 0.301. The number of likely N-dealkylation sites (tertiary alicyclic amines) is 1. The molecule has 0 atom stereocenters. The molecular formula is C17H28N4O2. The first-order valence-corrected chi connectivity index (χ1v) is 9.07. The van der Waals surface area contributed by atoms with Crippen LogP contribution >= 0.6 is 0 Å². The van der Waals surface area contributed by atoms with Crippen LogP contribution in [-0.2, 0) is 22.5 Å². The molecular weight excluding hydrogens is 292 g/mol. The number of carbonyl (C=O) groups is 1. The average molecular weight is 320 g/mol. The SMILES string of the molecule is CCn1nc(C2CCOCC2)nc1CCN1CCCCCC1=O. The van der Waals surface area contributed by atoms with Crippen LogP contribution < -0.4 is 0 Å². The molecule has 128 valence electrons. The second kappa shape index (κ2) is 7.90. The summed E-state index contributed by atoms with van der Waals surface area (Å²) in [5.41, 5.74) is 0. The Kier molecular flexibility index (Phi) is 5.65. The van der Waals surface area contributed by atoms with Crippen molar-refractivity contribution < 1.29 is 9.53 Å². The first-order valence-electron chi connectivity index (χ1n) is 9.07. The molecule has 1 aromatic rings. The molecule has 0 saturated carbocycles. The molecule has 0 N–H and O–H groups in total. The Morgan fingerprint density at radius 3 is 2.83 bits per heavy atom. The number of hydrogen-bond acceptors (Lipinski definition) is 4. The topological polar surface area (TPSA) is 60.2 Å². The highest BCUT2D eigenvalue weighted by Crippen LogP contribution is 2.24. The number of hydrogen-bond donors (Lipinski definition) is 0. The van der Waals surface area contributed by atoms with Crippen LogP contribution in [0.4, 0.5) is 0 Å². The quantitative estimate of drug-likeness (QED) is 0.834. The fraction of sp³-hybridized carbons (Fsp3) is 0.824. The zero-order chi connectivity index (χ0) is 16.1. The third-order valence-corrected chi connectivity index (χ3v) is 4.93. The summed E-state index contributed by atoms with van der Waals surface area (Å²) in [5.74, 6) is 2.71. The van der Waals surface area contributed by atoms with Crippen LogP contribution in [0, 0.1) is 0 Å². The van der Waals surface area contributed by atoms with Crippen molar-refractivity contribution in [2.75, 3.05) is 26.3 Å². The molecule has 3 heterocycles. The smallest absolute Gasteiger partial charge is 0.222 e. The Balaban J connectivity index is 1.64. The van der Waals surface area contributed by atoms with E-state index in [0.717, 1.165) is 76.6 Å². The summed E-state index contributed by atoms with van der Waals surface area (Å²) in [6, 6.07) is 0. The molecule has 6 heteroatoms. The molecule has 1 amide bonds. The van der Waals surface area contributed by atoms with Gasteiger partial charge < -0.3 is 9.64 Å². The minimum Gasteiger partial charge on any atom is -0.381 e. The van der Waals surface area contributed by atoms with Crippen molar-refractivity contribution >= 4 is 5.91 Å². The van der Waals surface area contributed by atoms with Crippen LogP contribution in [0.5, 0.6) is 0 Å². The molecule has 2 aliphatic rings. The first-order chi connectivity index (χ1) is 11.3. The molecule has 1 aromatic heterocycles. The van der Waals surface area contributed by atoms with Crippen molar-refractivity contribution in [1.29, 1.82) is 0 Å². The predicted octanol–water partition coefficient (Wildman–Crippen LogP) is 2.14. The van der Waals surface area contributed by atoms with Gasteiger partial charge in [-0.2, -0.15) is 5.10 Å². The Hall–Kier alpha value is -1.43. The van der Waals surface area contributed by atoms with Gasteiger partial charge in [-0.15, -0.1) is 0 Å². The van der Waals surface area contributed by atoms with Gasteiger partial charge in [0, 0.05) is 51.6 Å². The number of rotatable bonds is 5. The lowest BCUT2D eigenvalue weighted by Crippen LogP contribution is -2.32. The molecule has 2 aliphatic heterocycles. The normalized spacial score (nSPS) is 20.7. The lowest BCUT2D eigenvalue weighted by molar-refractivity contribution is -0.130. The standard InChI is InChI=1S/C17H28N4O2/c1-2-21-15(7-11-20-10-5-3-4-6-16(20)22)18-17(19-21)14-8-12-23-13-9-14/h14H,2-13H2,1H3. The Morgan fingerprint density at radius 1 is 1.22 bits per heavy atom. The van der Waals surface area contributed by atoms with Gasteiger partial charge in [0.2, 0.25) is 5.91 Å². The van der Waals surface area contributed by atoms with Crippen LogP contribution in [0.15, 0.2) is 0 Å². The van der Waals surface area contributed by atoms with E-state index < -0.39 is 0 Å². The second-order valence-corrected chi connectivity index (χ2v) is 6.53. The van der Waals surface area contributed by atoms with Gasteiger partial charge in [-0.3, -0.25) is 9.48 Å². The summed E-state index contributed by atoms with van der Waals surface area (Å²) in [6.07, 6.45) is 6.86. The van der Waals surface area contributed by atoms with Gasteiger partial charge in [-0.25, -0.2) is 4.98 Å². The number of nitrogens with zero attached hydrogens (tertiary/aromatic N) is 4. The lowest BCUT2D eigenvalue weighted by Gasteiger charge is -2.20. The maximum Gasteiger partial charge on any atom is 0.222 e. The van der Waals surface area contributed by atoms with Gasteiger partial charge >= 0.3 is 0 Å². The molecule has 3 rings (SSSR count). The number of aryl methyl sites for hydroxylation is 1. The number of ether oxygens (including phenoxy) is 1. The van der Waals surface area contributed by atoms with Gasteiger partial charge in [0.25, 0.3) is 0 Å². The summed E-state index contributed by atoms with van der Waals surface area (Å²) >= 11 is 0. The fourth-order valence-electron chi connectivity index (χ4n) is 3.47. The number of amides is 1. The van der Waals surface area contributed by atoms with Gasteiger partial charge in [0.15, 0.2) is 5.82 Å². The highest BCUT2D eigenvalue weighted by Gasteiger charge is 2.22. The average Bonchev–Trinajstić information content (AvgIpc) is 2.90. The van der Waals surface area contributed by atoms with E-state index in [1.807, 2.05) is 9.58 Å². The highest BCUT2D eigenvalue weighted by molar-refractivity contribution is 5.76. The Morgan fingerprint density at radius 2 is 2.04 bits per heavy atom. The number of carbonyl (C=O) groups excluding carboxylic acids is 1. The third kappa shape index (κ3) is 4.10. The summed E-state index contributed by atoms with van der Waals surface area (Å²) < 4.78 is 7.44. The Bertz CT molecular complexity index is 523. The summed E-state index contributed by atoms with van der Waals surface area (Å²) in [5, 5.41) is 4.70. The molecule has 0 radical (unpaired) electrons. The van der Waals surface area contributed by atoms with E-state index in [1.165, 1.54) is 6.42 Å². The van der Waals surface area contributed by atoms with E-state index in [2.05, 4.69) is 6.92 Å². The van der Waals surface area contributed by atoms with Crippen molar-refractivity contribution in [2.45, 2.75) is 64.3 Å². The van der Waals surface area contributed by atoms with Crippen molar-refractivity contribution in [3.05, 3.63) is 11.6 Å². The lowest BCUT2D eigenvalue weighted by atomic mass is 10.00. The molecule has 0 unspecified atom stereocenters. The van der Waals surface area contributed by atoms with Crippen LogP contribution in [0.1, 0.15) is 63.0 Å². The molecule has 2 fully saturated rings. The Labute approximate surface area is 138 Å². The van der Waals surface area contributed by atoms with E-state index in [0.29, 0.717) is 18.2 Å². The molecule has 0 aromatic carbocycles. The summed E-state index contributed by atoms with van der Waals surface area (Å²) in [7, 11) is 0. The molecule has 0 bridgehead atoms. The molecule has 0 spiro atoms. The molecule has 23 heavy (non-hydrogen) atoms. The van der Waals surface area contributed by atoms with E-state index in [1.54, 1.807) is 0 Å². The first kappa shape index (κ1) is 16.4. The highest BCUT2D eigenvalue weighted by atomic mass is 16.5. The van der Waals surface area contributed by atoms with E-state index in [-0.39, 0.29) is 0 Å². The van der Waals surface area contributed by atoms with Crippen LogP contribution in [-0.4, -0.2) is 51.9 Å². The van der Waals surface area contributed by atoms with E-state index >= 15 is 0 Å². The maximum atomic E-state index is 12.1. The van der Waals surface area contributed by atoms with Crippen molar-refractivity contribution in [1.82, 2.24) is 19.7 Å². The zero-order valence-electron chi connectivity index (χ0n) is 14.2. The molecule has 6 nitrogen and oxygen atoms in total. The van der Waals surface area contributed by atoms with Crippen molar-refractivity contribution in [3.63, 3.8) is 0 Å². The predicted molar refractivity (Wildman–Crippen MR) is 87.2 cm³/mol. The van der Waals surface area contributed by atoms with Gasteiger partial charge in [0.05, 0.1) is 0 Å². The third-order valence-electron chi connectivity index (χ3n) is 4.93. The van der Waals surface area contributed by atoms with E-state index in [4.69, 9.17) is 14.8 Å². The number of aromatic nitrogens is 3. The van der Waals surface area contributed by atoms with Gasteiger partial charge in [-0.1, -0.05) is 6.42 Å². The summed E-state index contributed by atoms with van der Waals surface area (Å²) in [6.45, 7) is 6.21. The largest absolute Gasteiger partial charge is 0.381 e. The van der Waals surface area contributed by atoms with Crippen molar-refractivity contribution in [2.24, 2.45) is 0 Å². The summed E-state index contributed by atoms with van der Waals surface area (Å²) in [4.78, 5) is 18.9. The second-order valence-electron chi connectivity index (χ2n) is 6.53. The molecule has 2 saturated heterocycles.